The molecule has 0 radical (unpaired) electrons. The lowest BCUT2D eigenvalue weighted by Crippen LogP contribution is -2.48. The first-order valence-electron chi connectivity index (χ1n) is 6.17. The third-order valence-corrected chi connectivity index (χ3v) is 3.17. The van der Waals surface area contributed by atoms with E-state index in [4.69, 9.17) is 16.3 Å². The summed E-state index contributed by atoms with van der Waals surface area (Å²) in [6, 6.07) is 5.11. The van der Waals surface area contributed by atoms with Gasteiger partial charge in [0.2, 0.25) is 5.91 Å². The van der Waals surface area contributed by atoms with Gasteiger partial charge in [-0.1, -0.05) is 11.6 Å². The van der Waals surface area contributed by atoms with Crippen molar-refractivity contribution in [1.29, 1.82) is 0 Å². The monoisotopic (exact) mass is 283 g/mol. The Balaban J connectivity index is 2.13. The van der Waals surface area contributed by atoms with Gasteiger partial charge in [0.25, 0.3) is 0 Å². The van der Waals surface area contributed by atoms with Crippen LogP contribution in [0.25, 0.3) is 0 Å². The molecule has 0 spiro atoms. The van der Waals surface area contributed by atoms with E-state index in [-0.39, 0.29) is 11.9 Å². The molecule has 1 amide bonds. The molecule has 6 heteroatoms. The maximum atomic E-state index is 12.1. The highest BCUT2D eigenvalue weighted by molar-refractivity contribution is 6.31. The van der Waals surface area contributed by atoms with Crippen LogP contribution in [0.5, 0.6) is 0 Å². The molecule has 1 atom stereocenters. The van der Waals surface area contributed by atoms with Gasteiger partial charge in [-0.05, 0) is 18.2 Å². The largest absolute Gasteiger partial charge is 0.378 e. The summed E-state index contributed by atoms with van der Waals surface area (Å²) in [6.07, 6.45) is 0. The van der Waals surface area contributed by atoms with Gasteiger partial charge in [0.05, 0.1) is 24.6 Å². The van der Waals surface area contributed by atoms with E-state index in [0.29, 0.717) is 30.5 Å². The van der Waals surface area contributed by atoms with Crippen molar-refractivity contribution in [3.05, 3.63) is 23.2 Å². The van der Waals surface area contributed by atoms with Crippen LogP contribution in [0.15, 0.2) is 18.2 Å². The number of anilines is 2. The third kappa shape index (κ3) is 3.59. The summed E-state index contributed by atoms with van der Waals surface area (Å²) in [6.45, 7) is 1.72. The third-order valence-electron chi connectivity index (χ3n) is 2.94. The van der Waals surface area contributed by atoms with Gasteiger partial charge in [-0.2, -0.15) is 0 Å². The second-order valence-corrected chi connectivity index (χ2v) is 5.06. The van der Waals surface area contributed by atoms with E-state index in [9.17, 15) is 4.79 Å². The number of carbonyl (C=O) groups excluding carboxylic acids is 1. The second-order valence-electron chi connectivity index (χ2n) is 4.63. The highest BCUT2D eigenvalue weighted by atomic mass is 35.5. The Labute approximate surface area is 117 Å². The van der Waals surface area contributed by atoms with Crippen LogP contribution in [0.1, 0.15) is 0 Å². The van der Waals surface area contributed by atoms with Crippen LogP contribution < -0.4 is 15.5 Å². The fourth-order valence-electron chi connectivity index (χ4n) is 1.95. The lowest BCUT2D eigenvalue weighted by molar-refractivity contribution is -0.120. The average molecular weight is 284 g/mol. The molecule has 1 aliphatic heterocycles. The lowest BCUT2D eigenvalue weighted by Gasteiger charge is -2.24. The van der Waals surface area contributed by atoms with E-state index in [1.165, 1.54) is 0 Å². The van der Waals surface area contributed by atoms with Crippen LogP contribution in [0, 0.1) is 0 Å². The van der Waals surface area contributed by atoms with Gasteiger partial charge < -0.3 is 20.3 Å². The van der Waals surface area contributed by atoms with E-state index in [0.717, 1.165) is 5.69 Å². The Bertz CT molecular complexity index is 459. The first-order valence-corrected chi connectivity index (χ1v) is 6.54. The summed E-state index contributed by atoms with van der Waals surface area (Å²) in [4.78, 5) is 14.1. The van der Waals surface area contributed by atoms with Crippen molar-refractivity contribution < 1.29 is 9.53 Å². The summed E-state index contributed by atoms with van der Waals surface area (Å²) in [5, 5.41) is 6.61. The second kappa shape index (κ2) is 6.23. The van der Waals surface area contributed by atoms with Gasteiger partial charge in [0.15, 0.2) is 0 Å². The fourth-order valence-corrected chi connectivity index (χ4v) is 2.12. The Morgan fingerprint density at radius 3 is 2.95 bits per heavy atom. The number of carbonyl (C=O) groups is 1. The van der Waals surface area contributed by atoms with E-state index >= 15 is 0 Å². The van der Waals surface area contributed by atoms with Crippen molar-refractivity contribution in [2.24, 2.45) is 0 Å². The number of amides is 1. The highest BCUT2D eigenvalue weighted by Crippen LogP contribution is 2.27. The van der Waals surface area contributed by atoms with Crippen LogP contribution in [-0.2, 0) is 9.53 Å². The van der Waals surface area contributed by atoms with Crippen molar-refractivity contribution >= 4 is 28.9 Å². The number of morpholine rings is 1. The minimum Gasteiger partial charge on any atom is -0.378 e. The van der Waals surface area contributed by atoms with Crippen LogP contribution in [-0.4, -0.2) is 45.8 Å². The number of benzene rings is 1. The van der Waals surface area contributed by atoms with Crippen LogP contribution in [0.2, 0.25) is 5.02 Å². The number of hydrogen-bond donors (Lipinski definition) is 2. The smallest absolute Gasteiger partial charge is 0.243 e. The summed E-state index contributed by atoms with van der Waals surface area (Å²) < 4.78 is 5.28. The zero-order valence-corrected chi connectivity index (χ0v) is 11.8. The summed E-state index contributed by atoms with van der Waals surface area (Å²) in [5.41, 5.74) is 1.62. The Kier molecular flexibility index (Phi) is 4.63. The number of ether oxygens (including phenoxy) is 1. The van der Waals surface area contributed by atoms with Crippen LogP contribution >= 0.6 is 11.6 Å². The normalized spacial score (nSPS) is 19.0. The van der Waals surface area contributed by atoms with E-state index < -0.39 is 0 Å². The molecule has 1 aromatic rings. The Morgan fingerprint density at radius 1 is 1.53 bits per heavy atom. The molecule has 2 N–H and O–H groups in total. The lowest BCUT2D eigenvalue weighted by atomic mass is 10.2. The topological polar surface area (TPSA) is 53.6 Å². The molecule has 104 valence electrons. The van der Waals surface area contributed by atoms with Crippen LogP contribution in [0.3, 0.4) is 0 Å². The van der Waals surface area contributed by atoms with Gasteiger partial charge in [0.1, 0.15) is 6.04 Å². The minimum atomic E-state index is -0.317. The van der Waals surface area contributed by atoms with Gasteiger partial charge in [-0.15, -0.1) is 0 Å². The predicted molar refractivity (Wildman–Crippen MR) is 77.0 cm³/mol. The van der Waals surface area contributed by atoms with Gasteiger partial charge in [-0.25, -0.2) is 0 Å². The summed E-state index contributed by atoms with van der Waals surface area (Å²) >= 11 is 5.98. The molecule has 1 aromatic carbocycles. The highest BCUT2D eigenvalue weighted by Gasteiger charge is 2.22. The van der Waals surface area contributed by atoms with E-state index in [1.807, 2.05) is 25.1 Å². The molecule has 5 nitrogen and oxygen atoms in total. The molecule has 1 unspecified atom stereocenters. The van der Waals surface area contributed by atoms with Crippen molar-refractivity contribution in [3.8, 4) is 0 Å². The molecule has 0 saturated carbocycles. The molecule has 0 bridgehead atoms. The zero-order valence-electron chi connectivity index (χ0n) is 11.1. The molecule has 1 saturated heterocycles. The molecule has 1 fully saturated rings. The maximum absolute atomic E-state index is 12.1. The van der Waals surface area contributed by atoms with Crippen molar-refractivity contribution in [1.82, 2.24) is 5.32 Å². The zero-order chi connectivity index (χ0) is 13.8. The molecule has 1 aliphatic rings. The SMILES string of the molecule is CN(C)c1ccc(Cl)cc1NC(=O)C1COCCN1. The first kappa shape index (κ1) is 14.1. The fraction of sp³-hybridized carbons (Fsp3) is 0.462. The van der Waals surface area contributed by atoms with Crippen molar-refractivity contribution in [2.75, 3.05) is 44.1 Å². The molecular weight excluding hydrogens is 266 g/mol. The number of hydrogen-bond acceptors (Lipinski definition) is 4. The number of rotatable bonds is 3. The molecule has 2 rings (SSSR count). The maximum Gasteiger partial charge on any atom is 0.243 e. The molecule has 0 aliphatic carbocycles. The molecule has 1 heterocycles. The summed E-state index contributed by atoms with van der Waals surface area (Å²) in [7, 11) is 3.84. The van der Waals surface area contributed by atoms with Crippen LogP contribution in [0.4, 0.5) is 11.4 Å². The molecule has 0 aromatic heterocycles. The predicted octanol–water partition coefficient (Wildman–Crippen LogP) is 1.33. The standard InChI is InChI=1S/C13H18ClN3O2/c1-17(2)12-4-3-9(14)7-10(12)16-13(18)11-8-19-6-5-15-11/h3-4,7,11,15H,5-6,8H2,1-2H3,(H,16,18). The number of nitrogens with zero attached hydrogens (tertiary/aromatic N) is 1. The summed E-state index contributed by atoms with van der Waals surface area (Å²) in [5.74, 6) is -0.106. The molecular formula is C13H18ClN3O2. The first-order chi connectivity index (χ1) is 9.08. The minimum absolute atomic E-state index is 0.106. The Morgan fingerprint density at radius 2 is 2.32 bits per heavy atom. The number of nitrogens with one attached hydrogen (secondary N) is 2. The molecule has 19 heavy (non-hydrogen) atoms. The van der Waals surface area contributed by atoms with Crippen molar-refractivity contribution in [3.63, 3.8) is 0 Å². The Hall–Kier alpha value is -1.30. The average Bonchev–Trinajstić information content (AvgIpc) is 2.39. The van der Waals surface area contributed by atoms with Gasteiger partial charge in [0, 0.05) is 25.7 Å². The van der Waals surface area contributed by atoms with Crippen molar-refractivity contribution in [2.45, 2.75) is 6.04 Å². The van der Waals surface area contributed by atoms with Gasteiger partial charge >= 0.3 is 0 Å². The number of halogens is 1. The van der Waals surface area contributed by atoms with Gasteiger partial charge in [-0.3, -0.25) is 4.79 Å². The van der Waals surface area contributed by atoms with E-state index in [2.05, 4.69) is 10.6 Å². The van der Waals surface area contributed by atoms with E-state index in [1.54, 1.807) is 12.1 Å². The quantitative estimate of drug-likeness (QED) is 0.879.